The summed E-state index contributed by atoms with van der Waals surface area (Å²) in [5.74, 6) is 2.34. The maximum absolute atomic E-state index is 5.77. The van der Waals surface area contributed by atoms with Gasteiger partial charge in [0.05, 0.1) is 14.2 Å². The Bertz CT molecular complexity index is 524. The van der Waals surface area contributed by atoms with Crippen LogP contribution in [-0.4, -0.2) is 32.2 Å². The molecule has 3 heteroatoms. The van der Waals surface area contributed by atoms with Gasteiger partial charge >= 0.3 is 0 Å². The molecule has 1 saturated carbocycles. The number of likely N-dealkylation sites (tertiary alicyclic amines) is 1. The zero-order valence-corrected chi connectivity index (χ0v) is 14.4. The second-order valence-electron chi connectivity index (χ2n) is 7.30. The number of methoxy groups -OCH3 is 2. The van der Waals surface area contributed by atoms with Gasteiger partial charge in [0, 0.05) is 17.7 Å². The van der Waals surface area contributed by atoms with Crippen LogP contribution in [0.4, 0.5) is 0 Å². The number of nitrogens with zero attached hydrogens (tertiary/aromatic N) is 1. The van der Waals surface area contributed by atoms with Crippen molar-refractivity contribution in [2.75, 3.05) is 27.3 Å². The van der Waals surface area contributed by atoms with Crippen molar-refractivity contribution in [2.45, 2.75) is 52.0 Å². The number of hydrogen-bond acceptors (Lipinski definition) is 3. The molecule has 0 amide bonds. The lowest BCUT2D eigenvalue weighted by molar-refractivity contribution is 0.164. The molecule has 1 aliphatic heterocycles. The quantitative estimate of drug-likeness (QED) is 0.813. The van der Waals surface area contributed by atoms with Crippen molar-refractivity contribution in [2.24, 2.45) is 5.41 Å². The van der Waals surface area contributed by atoms with Crippen molar-refractivity contribution in [3.8, 4) is 11.5 Å². The second-order valence-corrected chi connectivity index (χ2v) is 7.30. The molecule has 1 saturated heterocycles. The molecule has 122 valence electrons. The van der Waals surface area contributed by atoms with E-state index in [9.17, 15) is 0 Å². The van der Waals surface area contributed by atoms with Crippen molar-refractivity contribution in [1.29, 1.82) is 0 Å². The van der Waals surface area contributed by atoms with Crippen LogP contribution >= 0.6 is 0 Å². The molecule has 1 aliphatic carbocycles. The summed E-state index contributed by atoms with van der Waals surface area (Å²) in [5, 5.41) is 0. The highest BCUT2D eigenvalue weighted by atomic mass is 16.5. The molecule has 3 rings (SSSR count). The van der Waals surface area contributed by atoms with E-state index in [1.807, 2.05) is 0 Å². The Kier molecular flexibility index (Phi) is 4.35. The first-order chi connectivity index (χ1) is 10.6. The Morgan fingerprint density at radius 2 is 1.73 bits per heavy atom. The minimum atomic E-state index is 0.390. The van der Waals surface area contributed by atoms with Crippen LogP contribution in [0.5, 0.6) is 11.5 Å². The first-order valence-electron chi connectivity index (χ1n) is 8.55. The van der Waals surface area contributed by atoms with Crippen molar-refractivity contribution >= 4 is 0 Å². The van der Waals surface area contributed by atoms with Crippen molar-refractivity contribution < 1.29 is 9.47 Å². The van der Waals surface area contributed by atoms with E-state index >= 15 is 0 Å². The molecular weight excluding hydrogens is 274 g/mol. The summed E-state index contributed by atoms with van der Waals surface area (Å²) in [7, 11) is 3.51. The zero-order valence-electron chi connectivity index (χ0n) is 14.4. The lowest BCUT2D eigenvalue weighted by Gasteiger charge is -2.32. The molecule has 3 nitrogen and oxygen atoms in total. The van der Waals surface area contributed by atoms with Crippen LogP contribution in [0.2, 0.25) is 0 Å². The molecule has 22 heavy (non-hydrogen) atoms. The van der Waals surface area contributed by atoms with Gasteiger partial charge in [-0.15, -0.1) is 0 Å². The molecule has 0 bridgehead atoms. The Morgan fingerprint density at radius 1 is 1.05 bits per heavy atom. The topological polar surface area (TPSA) is 21.7 Å². The van der Waals surface area contributed by atoms with Crippen LogP contribution in [0.1, 0.15) is 56.6 Å². The third-order valence-corrected chi connectivity index (χ3v) is 5.51. The van der Waals surface area contributed by atoms with E-state index in [1.54, 1.807) is 14.2 Å². The molecule has 0 unspecified atom stereocenters. The van der Waals surface area contributed by atoms with Crippen LogP contribution in [0.25, 0.3) is 0 Å². The Labute approximate surface area is 134 Å². The van der Waals surface area contributed by atoms with E-state index < -0.39 is 0 Å². The van der Waals surface area contributed by atoms with Crippen molar-refractivity contribution in [1.82, 2.24) is 4.90 Å². The summed E-state index contributed by atoms with van der Waals surface area (Å²) in [6, 6.07) is 4.27. The molecule has 0 N–H and O–H groups in total. The maximum atomic E-state index is 5.77. The Hall–Kier alpha value is -1.22. The van der Waals surface area contributed by atoms with E-state index in [-0.39, 0.29) is 0 Å². The fraction of sp³-hybridized carbons (Fsp3) is 0.684. The first kappa shape index (κ1) is 15.7. The van der Waals surface area contributed by atoms with Gasteiger partial charge in [-0.2, -0.15) is 0 Å². The second kappa shape index (κ2) is 6.11. The molecule has 1 heterocycles. The SMILES string of the molecule is COc1ccc(CN2CCC3(CC2)CC3)c(OC)c1C(C)C. The van der Waals surface area contributed by atoms with Crippen molar-refractivity contribution in [3.63, 3.8) is 0 Å². The molecule has 0 aromatic heterocycles. The van der Waals surface area contributed by atoms with Crippen LogP contribution in [0, 0.1) is 5.41 Å². The van der Waals surface area contributed by atoms with E-state index in [0.29, 0.717) is 5.92 Å². The summed E-state index contributed by atoms with van der Waals surface area (Å²) in [4.78, 5) is 2.58. The lowest BCUT2D eigenvalue weighted by Crippen LogP contribution is -2.34. The monoisotopic (exact) mass is 303 g/mol. The molecule has 2 fully saturated rings. The molecular formula is C19H29NO2. The number of piperidine rings is 1. The predicted octanol–water partition coefficient (Wildman–Crippen LogP) is 4.20. The summed E-state index contributed by atoms with van der Waals surface area (Å²) >= 11 is 0. The van der Waals surface area contributed by atoms with Crippen LogP contribution < -0.4 is 9.47 Å². The maximum Gasteiger partial charge on any atom is 0.130 e. The van der Waals surface area contributed by atoms with Gasteiger partial charge in [0.2, 0.25) is 0 Å². The Balaban J connectivity index is 1.79. The first-order valence-corrected chi connectivity index (χ1v) is 8.55. The van der Waals surface area contributed by atoms with Gasteiger partial charge in [0.25, 0.3) is 0 Å². The van der Waals surface area contributed by atoms with Gasteiger partial charge in [0.1, 0.15) is 11.5 Å². The number of hydrogen-bond donors (Lipinski definition) is 0. The zero-order chi connectivity index (χ0) is 15.7. The molecule has 1 aromatic carbocycles. The van der Waals surface area contributed by atoms with Gasteiger partial charge in [-0.25, -0.2) is 0 Å². The van der Waals surface area contributed by atoms with Gasteiger partial charge in [0.15, 0.2) is 0 Å². The lowest BCUT2D eigenvalue weighted by atomic mass is 9.93. The van der Waals surface area contributed by atoms with E-state index in [2.05, 4.69) is 30.9 Å². The summed E-state index contributed by atoms with van der Waals surface area (Å²) in [6.07, 6.45) is 5.68. The van der Waals surface area contributed by atoms with Gasteiger partial charge in [-0.05, 0) is 56.2 Å². The summed E-state index contributed by atoms with van der Waals surface area (Å²) < 4.78 is 11.3. The molecule has 0 radical (unpaired) electrons. The minimum Gasteiger partial charge on any atom is -0.496 e. The smallest absolute Gasteiger partial charge is 0.130 e. The fourth-order valence-electron chi connectivity index (χ4n) is 3.82. The molecule has 1 aromatic rings. The highest BCUT2D eigenvalue weighted by Crippen LogP contribution is 2.53. The summed E-state index contributed by atoms with van der Waals surface area (Å²) in [6.45, 7) is 7.84. The van der Waals surface area contributed by atoms with Gasteiger partial charge in [-0.3, -0.25) is 4.90 Å². The number of benzene rings is 1. The predicted molar refractivity (Wildman–Crippen MR) is 89.8 cm³/mol. The highest BCUT2D eigenvalue weighted by Gasteiger charge is 2.44. The minimum absolute atomic E-state index is 0.390. The Morgan fingerprint density at radius 3 is 2.23 bits per heavy atom. The molecule has 1 spiro atoms. The van der Waals surface area contributed by atoms with E-state index in [1.165, 1.54) is 49.9 Å². The number of rotatable bonds is 5. The highest BCUT2D eigenvalue weighted by molar-refractivity contribution is 5.51. The average Bonchev–Trinajstić information content (AvgIpc) is 3.28. The van der Waals surface area contributed by atoms with Gasteiger partial charge < -0.3 is 9.47 Å². The third-order valence-electron chi connectivity index (χ3n) is 5.51. The number of ether oxygens (including phenoxy) is 2. The third kappa shape index (κ3) is 2.96. The molecule has 2 aliphatic rings. The fourth-order valence-corrected chi connectivity index (χ4v) is 3.82. The van der Waals surface area contributed by atoms with Crippen LogP contribution in [0.15, 0.2) is 12.1 Å². The van der Waals surface area contributed by atoms with Crippen LogP contribution in [0.3, 0.4) is 0 Å². The standard InChI is InChI=1S/C19H29NO2/c1-14(2)17-16(21-3)6-5-15(18(17)22-4)13-20-11-9-19(7-8-19)10-12-20/h5-6,14H,7-13H2,1-4H3. The largest absolute Gasteiger partial charge is 0.496 e. The van der Waals surface area contributed by atoms with E-state index in [4.69, 9.17) is 9.47 Å². The van der Waals surface area contributed by atoms with Crippen molar-refractivity contribution in [3.05, 3.63) is 23.3 Å². The summed E-state index contributed by atoms with van der Waals surface area (Å²) in [5.41, 5.74) is 3.22. The van der Waals surface area contributed by atoms with E-state index in [0.717, 1.165) is 23.5 Å². The normalized spacial score (nSPS) is 20.4. The van der Waals surface area contributed by atoms with Crippen LogP contribution in [-0.2, 0) is 6.54 Å². The van der Waals surface area contributed by atoms with Gasteiger partial charge in [-0.1, -0.05) is 19.9 Å². The molecule has 0 atom stereocenters. The average molecular weight is 303 g/mol.